The lowest BCUT2D eigenvalue weighted by Gasteiger charge is -1.98. The van der Waals surface area contributed by atoms with Gasteiger partial charge in [0.15, 0.2) is 0 Å². The molecule has 6 heteroatoms. The maximum atomic E-state index is 11.7. The van der Waals surface area contributed by atoms with E-state index in [-0.39, 0.29) is 5.91 Å². The zero-order valence-electron chi connectivity index (χ0n) is 12.3. The minimum atomic E-state index is -0.102. The molecular formula is C17H13ClN4O. The molecule has 0 saturated heterocycles. The first-order valence-electron chi connectivity index (χ1n) is 7.14. The Balaban J connectivity index is 1.86. The molecular weight excluding hydrogens is 312 g/mol. The smallest absolute Gasteiger partial charge is 0.251 e. The topological polar surface area (TPSA) is 73.6 Å². The molecule has 4 aromatic rings. The number of aromatic nitrogens is 3. The Kier molecular flexibility index (Phi) is 3.09. The van der Waals surface area contributed by atoms with Gasteiger partial charge in [-0.25, -0.2) is 0 Å². The van der Waals surface area contributed by atoms with Gasteiger partial charge in [-0.05, 0) is 42.5 Å². The fourth-order valence-corrected chi connectivity index (χ4v) is 2.92. The Morgan fingerprint density at radius 3 is 2.83 bits per heavy atom. The number of nitrogens with one attached hydrogen (secondary N) is 3. The predicted octanol–water partition coefficient (Wildman–Crippen LogP) is 3.72. The highest BCUT2D eigenvalue weighted by molar-refractivity contribution is 6.31. The van der Waals surface area contributed by atoms with E-state index in [0.717, 1.165) is 33.2 Å². The quantitative estimate of drug-likeness (QED) is 0.525. The highest BCUT2D eigenvalue weighted by Crippen LogP contribution is 2.30. The van der Waals surface area contributed by atoms with Crippen molar-refractivity contribution in [2.24, 2.45) is 0 Å². The molecule has 0 radical (unpaired) electrons. The Morgan fingerprint density at radius 1 is 1.13 bits per heavy atom. The minimum absolute atomic E-state index is 0.102. The molecule has 0 fully saturated rings. The zero-order valence-corrected chi connectivity index (χ0v) is 13.0. The zero-order chi connectivity index (χ0) is 16.0. The van der Waals surface area contributed by atoms with Crippen LogP contribution in [0.25, 0.3) is 33.2 Å². The number of fused-ring (bicyclic) bond motifs is 2. The van der Waals surface area contributed by atoms with Gasteiger partial charge in [0.05, 0.1) is 11.2 Å². The normalized spacial score (nSPS) is 11.2. The molecule has 3 N–H and O–H groups in total. The van der Waals surface area contributed by atoms with Crippen LogP contribution in [-0.4, -0.2) is 28.1 Å². The Labute approximate surface area is 136 Å². The van der Waals surface area contributed by atoms with E-state index < -0.39 is 0 Å². The minimum Gasteiger partial charge on any atom is -0.355 e. The van der Waals surface area contributed by atoms with Crippen molar-refractivity contribution in [3.05, 3.63) is 53.1 Å². The van der Waals surface area contributed by atoms with Gasteiger partial charge in [0.25, 0.3) is 5.91 Å². The van der Waals surface area contributed by atoms with Gasteiger partial charge in [-0.1, -0.05) is 11.6 Å². The van der Waals surface area contributed by atoms with E-state index in [1.54, 1.807) is 13.1 Å². The van der Waals surface area contributed by atoms with Crippen molar-refractivity contribution in [3.8, 4) is 11.4 Å². The lowest BCUT2D eigenvalue weighted by Crippen LogP contribution is -2.17. The first kappa shape index (κ1) is 13.8. The lowest BCUT2D eigenvalue weighted by atomic mass is 10.1. The molecule has 0 aliphatic rings. The molecule has 23 heavy (non-hydrogen) atoms. The summed E-state index contributed by atoms with van der Waals surface area (Å²) in [5.41, 5.74) is 4.19. The third-order valence-electron chi connectivity index (χ3n) is 3.89. The van der Waals surface area contributed by atoms with Crippen molar-refractivity contribution in [2.45, 2.75) is 0 Å². The van der Waals surface area contributed by atoms with Crippen LogP contribution in [0.15, 0.2) is 42.5 Å². The number of nitrogens with zero attached hydrogens (tertiary/aromatic N) is 1. The van der Waals surface area contributed by atoms with E-state index in [0.29, 0.717) is 10.6 Å². The second kappa shape index (κ2) is 5.14. The maximum Gasteiger partial charge on any atom is 0.251 e. The first-order valence-corrected chi connectivity index (χ1v) is 7.52. The van der Waals surface area contributed by atoms with Crippen LogP contribution in [0.4, 0.5) is 0 Å². The molecule has 0 spiro atoms. The number of hydrogen-bond donors (Lipinski definition) is 3. The molecule has 0 aliphatic carbocycles. The van der Waals surface area contributed by atoms with Crippen molar-refractivity contribution >= 4 is 39.3 Å². The van der Waals surface area contributed by atoms with Gasteiger partial charge in [-0.15, -0.1) is 0 Å². The van der Waals surface area contributed by atoms with Crippen LogP contribution in [-0.2, 0) is 0 Å². The molecule has 2 heterocycles. The Bertz CT molecular complexity index is 1050. The summed E-state index contributed by atoms with van der Waals surface area (Å²) in [6.45, 7) is 0. The molecule has 0 unspecified atom stereocenters. The average molecular weight is 325 g/mol. The summed E-state index contributed by atoms with van der Waals surface area (Å²) >= 11 is 6.01. The largest absolute Gasteiger partial charge is 0.355 e. The predicted molar refractivity (Wildman–Crippen MR) is 91.8 cm³/mol. The second-order valence-corrected chi connectivity index (χ2v) is 5.76. The van der Waals surface area contributed by atoms with Crippen LogP contribution < -0.4 is 5.32 Å². The van der Waals surface area contributed by atoms with Crippen molar-refractivity contribution in [1.82, 2.24) is 20.5 Å². The summed E-state index contributed by atoms with van der Waals surface area (Å²) in [7, 11) is 1.62. The van der Waals surface area contributed by atoms with Crippen LogP contribution in [0.3, 0.4) is 0 Å². The molecule has 1 amide bonds. The third-order valence-corrected chi connectivity index (χ3v) is 4.13. The number of aromatic amines is 2. The molecule has 114 valence electrons. The summed E-state index contributed by atoms with van der Waals surface area (Å²) in [5, 5.41) is 12.6. The third kappa shape index (κ3) is 2.26. The Hall–Kier alpha value is -2.79. The second-order valence-electron chi connectivity index (χ2n) is 5.33. The van der Waals surface area contributed by atoms with E-state index in [4.69, 9.17) is 11.6 Å². The monoisotopic (exact) mass is 324 g/mol. The van der Waals surface area contributed by atoms with E-state index in [2.05, 4.69) is 20.5 Å². The van der Waals surface area contributed by atoms with Crippen molar-refractivity contribution in [3.63, 3.8) is 0 Å². The van der Waals surface area contributed by atoms with E-state index in [9.17, 15) is 4.79 Å². The molecule has 5 nitrogen and oxygen atoms in total. The number of benzene rings is 2. The summed E-state index contributed by atoms with van der Waals surface area (Å²) in [5.74, 6) is -0.102. The number of halogens is 1. The van der Waals surface area contributed by atoms with Crippen LogP contribution in [0.5, 0.6) is 0 Å². The van der Waals surface area contributed by atoms with Crippen LogP contribution in [0, 0.1) is 0 Å². The molecule has 0 atom stereocenters. The first-order chi connectivity index (χ1) is 11.2. The van der Waals surface area contributed by atoms with Crippen molar-refractivity contribution in [2.75, 3.05) is 7.05 Å². The summed E-state index contributed by atoms with van der Waals surface area (Å²) in [4.78, 5) is 15.1. The highest BCUT2D eigenvalue weighted by Gasteiger charge is 2.12. The van der Waals surface area contributed by atoms with Gasteiger partial charge in [0.2, 0.25) is 0 Å². The van der Waals surface area contributed by atoms with Gasteiger partial charge in [-0.3, -0.25) is 9.89 Å². The van der Waals surface area contributed by atoms with Gasteiger partial charge in [0, 0.05) is 33.9 Å². The summed E-state index contributed by atoms with van der Waals surface area (Å²) < 4.78 is 0. The maximum absolute atomic E-state index is 11.7. The number of carbonyl (C=O) groups is 1. The molecule has 0 aliphatic heterocycles. The van der Waals surface area contributed by atoms with Gasteiger partial charge in [-0.2, -0.15) is 5.10 Å². The molecule has 4 rings (SSSR count). The van der Waals surface area contributed by atoms with Gasteiger partial charge >= 0.3 is 0 Å². The van der Waals surface area contributed by atoms with Gasteiger partial charge in [0.1, 0.15) is 5.69 Å². The van der Waals surface area contributed by atoms with Crippen LogP contribution >= 0.6 is 11.6 Å². The van der Waals surface area contributed by atoms with Crippen LogP contribution in [0.2, 0.25) is 5.02 Å². The molecule has 2 aromatic carbocycles. The standard InChI is InChI=1S/C17H13ClN4O/c1-19-17(23)9-2-5-13-10(6-9)7-15(20-13)16-12-4-3-11(18)8-14(12)21-22-16/h2-8,20H,1H3,(H,19,23)(H,21,22). The summed E-state index contributed by atoms with van der Waals surface area (Å²) in [6, 6.07) is 13.2. The SMILES string of the molecule is CNC(=O)c1ccc2[nH]c(-c3n[nH]c4cc(Cl)ccc34)cc2c1. The van der Waals surface area contributed by atoms with Crippen molar-refractivity contribution < 1.29 is 4.79 Å². The number of H-pyrrole nitrogens is 2. The molecule has 0 saturated carbocycles. The Morgan fingerprint density at radius 2 is 2.00 bits per heavy atom. The van der Waals surface area contributed by atoms with Crippen LogP contribution in [0.1, 0.15) is 10.4 Å². The number of carbonyl (C=O) groups excluding carboxylic acids is 1. The average Bonchev–Trinajstić information content (AvgIpc) is 3.15. The number of rotatable bonds is 2. The highest BCUT2D eigenvalue weighted by atomic mass is 35.5. The summed E-state index contributed by atoms with van der Waals surface area (Å²) in [6.07, 6.45) is 0. The number of hydrogen-bond acceptors (Lipinski definition) is 2. The fraction of sp³-hybridized carbons (Fsp3) is 0.0588. The van der Waals surface area contributed by atoms with Gasteiger partial charge < -0.3 is 10.3 Å². The van der Waals surface area contributed by atoms with Crippen molar-refractivity contribution in [1.29, 1.82) is 0 Å². The molecule has 0 bridgehead atoms. The lowest BCUT2D eigenvalue weighted by molar-refractivity contribution is 0.0963. The molecule has 2 aromatic heterocycles. The number of amides is 1. The fourth-order valence-electron chi connectivity index (χ4n) is 2.74. The van der Waals surface area contributed by atoms with E-state index in [1.807, 2.05) is 36.4 Å². The van der Waals surface area contributed by atoms with E-state index in [1.165, 1.54) is 0 Å². The van der Waals surface area contributed by atoms with E-state index >= 15 is 0 Å².